The monoisotopic (exact) mass is 260 g/mol. The molecule has 1 amide bonds. The molecule has 1 aromatic heterocycles. The van der Waals surface area contributed by atoms with E-state index in [1.165, 1.54) is 11.3 Å². The van der Waals surface area contributed by atoms with E-state index in [9.17, 15) is 4.79 Å². The predicted octanol–water partition coefficient (Wildman–Crippen LogP) is 2.54. The fourth-order valence-electron chi connectivity index (χ4n) is 1.16. The average molecular weight is 260 g/mol. The van der Waals surface area contributed by atoms with Crippen molar-refractivity contribution in [3.63, 3.8) is 0 Å². The van der Waals surface area contributed by atoms with Crippen molar-refractivity contribution in [3.05, 3.63) is 5.69 Å². The molecular weight excluding hydrogens is 244 g/mol. The quantitative estimate of drug-likeness (QED) is 0.827. The Kier molecular flexibility index (Phi) is 5.24. The van der Waals surface area contributed by atoms with Crippen LogP contribution < -0.4 is 5.32 Å². The number of carbonyl (C=O) groups is 1. The lowest BCUT2D eigenvalue weighted by atomic mass is 10.4. The van der Waals surface area contributed by atoms with Crippen LogP contribution in [0.1, 0.15) is 19.5 Å². The van der Waals surface area contributed by atoms with E-state index in [1.54, 1.807) is 18.7 Å². The molecule has 0 saturated heterocycles. The maximum Gasteiger partial charge on any atom is 0.254 e. The van der Waals surface area contributed by atoms with Gasteiger partial charge in [0.15, 0.2) is 5.13 Å². The van der Waals surface area contributed by atoms with Gasteiger partial charge in [-0.25, -0.2) is 4.98 Å². The van der Waals surface area contributed by atoms with Gasteiger partial charge in [-0.3, -0.25) is 10.1 Å². The Morgan fingerprint density at radius 1 is 1.69 bits per heavy atom. The number of aryl methyl sites for hydroxylation is 1. The zero-order chi connectivity index (χ0) is 12.1. The Labute approximate surface area is 104 Å². The van der Waals surface area contributed by atoms with Crippen molar-refractivity contribution in [3.8, 4) is 0 Å². The number of thioether (sulfide) groups is 1. The fraction of sp³-hybridized carbons (Fsp3) is 0.600. The van der Waals surface area contributed by atoms with Crippen LogP contribution in [0.25, 0.3) is 0 Å². The third-order valence-electron chi connectivity index (χ3n) is 1.96. The zero-order valence-electron chi connectivity index (χ0n) is 9.86. The standard InChI is InChI=1S/C10H16N2O2S2/c1-5-14-7(3)8(13)12-10-11-6(2)9(15-4)16-10/h7H,5H2,1-4H3,(H,11,12,13)/t7-/m0/s1. The second-order valence-corrected chi connectivity index (χ2v) is 5.26. The summed E-state index contributed by atoms with van der Waals surface area (Å²) in [6.07, 6.45) is 1.56. The van der Waals surface area contributed by atoms with Gasteiger partial charge in [0, 0.05) is 6.61 Å². The summed E-state index contributed by atoms with van der Waals surface area (Å²) >= 11 is 3.12. The average Bonchev–Trinajstić information content (AvgIpc) is 2.59. The summed E-state index contributed by atoms with van der Waals surface area (Å²) in [6, 6.07) is 0. The van der Waals surface area contributed by atoms with Crippen LogP contribution in [0.5, 0.6) is 0 Å². The number of nitrogens with one attached hydrogen (secondary N) is 1. The van der Waals surface area contributed by atoms with E-state index in [4.69, 9.17) is 4.74 Å². The number of hydrogen-bond donors (Lipinski definition) is 1. The van der Waals surface area contributed by atoms with Gasteiger partial charge >= 0.3 is 0 Å². The van der Waals surface area contributed by atoms with E-state index in [0.29, 0.717) is 11.7 Å². The minimum Gasteiger partial charge on any atom is -0.369 e. The lowest BCUT2D eigenvalue weighted by Gasteiger charge is -2.09. The molecule has 1 atom stereocenters. The minimum absolute atomic E-state index is 0.150. The molecule has 1 aromatic rings. The van der Waals surface area contributed by atoms with Crippen molar-refractivity contribution in [1.29, 1.82) is 0 Å². The maximum atomic E-state index is 11.6. The molecule has 0 bridgehead atoms. The van der Waals surface area contributed by atoms with Crippen LogP contribution in [-0.4, -0.2) is 29.9 Å². The molecule has 0 unspecified atom stereocenters. The number of thiazole rings is 1. The predicted molar refractivity (Wildman–Crippen MR) is 68.3 cm³/mol. The van der Waals surface area contributed by atoms with E-state index in [1.807, 2.05) is 20.1 Å². The van der Waals surface area contributed by atoms with Crippen LogP contribution in [0.2, 0.25) is 0 Å². The Bertz CT molecular complexity index is 366. The fourth-order valence-corrected chi connectivity index (χ4v) is 2.77. The Hall–Kier alpha value is -0.590. The van der Waals surface area contributed by atoms with Gasteiger partial charge in [0.25, 0.3) is 5.91 Å². The molecule has 0 aromatic carbocycles. The van der Waals surface area contributed by atoms with Gasteiger partial charge in [0.1, 0.15) is 6.10 Å². The second-order valence-electron chi connectivity index (χ2n) is 3.18. The van der Waals surface area contributed by atoms with E-state index in [2.05, 4.69) is 10.3 Å². The summed E-state index contributed by atoms with van der Waals surface area (Å²) in [4.78, 5) is 15.9. The van der Waals surface area contributed by atoms with Gasteiger partial charge in [-0.2, -0.15) is 0 Å². The zero-order valence-corrected chi connectivity index (χ0v) is 11.5. The Morgan fingerprint density at radius 2 is 2.38 bits per heavy atom. The molecule has 90 valence electrons. The van der Waals surface area contributed by atoms with Crippen molar-refractivity contribution >= 4 is 34.1 Å². The SMILES string of the molecule is CCO[C@@H](C)C(=O)Nc1nc(C)c(SC)s1. The lowest BCUT2D eigenvalue weighted by molar-refractivity contribution is -0.126. The van der Waals surface area contributed by atoms with E-state index in [-0.39, 0.29) is 5.91 Å². The molecule has 0 aliphatic carbocycles. The first-order valence-electron chi connectivity index (χ1n) is 5.02. The smallest absolute Gasteiger partial charge is 0.254 e. The highest BCUT2D eigenvalue weighted by molar-refractivity contribution is 8.00. The topological polar surface area (TPSA) is 51.2 Å². The van der Waals surface area contributed by atoms with Crippen LogP contribution in [0.4, 0.5) is 5.13 Å². The highest BCUT2D eigenvalue weighted by atomic mass is 32.2. The van der Waals surface area contributed by atoms with E-state index in [0.717, 1.165) is 9.90 Å². The Balaban J connectivity index is 2.62. The summed E-state index contributed by atoms with van der Waals surface area (Å²) in [7, 11) is 0. The largest absolute Gasteiger partial charge is 0.369 e. The molecule has 1 heterocycles. The van der Waals surface area contributed by atoms with Crippen LogP contribution in [0, 0.1) is 6.92 Å². The van der Waals surface area contributed by atoms with Crippen molar-refractivity contribution in [2.45, 2.75) is 31.1 Å². The summed E-state index contributed by atoms with van der Waals surface area (Å²) < 4.78 is 6.32. The number of amides is 1. The molecular formula is C10H16N2O2S2. The van der Waals surface area contributed by atoms with Gasteiger partial charge in [0.05, 0.1) is 9.90 Å². The summed E-state index contributed by atoms with van der Waals surface area (Å²) in [5, 5.41) is 3.39. The third-order valence-corrected chi connectivity index (χ3v) is 4.24. The number of anilines is 1. The first kappa shape index (κ1) is 13.5. The lowest BCUT2D eigenvalue weighted by Crippen LogP contribution is -2.27. The Morgan fingerprint density at radius 3 is 2.88 bits per heavy atom. The highest BCUT2D eigenvalue weighted by Crippen LogP contribution is 2.30. The van der Waals surface area contributed by atoms with Crippen LogP contribution in [0.3, 0.4) is 0 Å². The van der Waals surface area contributed by atoms with E-state index < -0.39 is 6.10 Å². The summed E-state index contributed by atoms with van der Waals surface area (Å²) in [5.74, 6) is -0.150. The van der Waals surface area contributed by atoms with Gasteiger partial charge in [-0.1, -0.05) is 11.3 Å². The second kappa shape index (κ2) is 6.22. The molecule has 6 heteroatoms. The van der Waals surface area contributed by atoms with Gasteiger partial charge < -0.3 is 4.74 Å². The van der Waals surface area contributed by atoms with Crippen molar-refractivity contribution < 1.29 is 9.53 Å². The van der Waals surface area contributed by atoms with Crippen molar-refractivity contribution in [2.75, 3.05) is 18.2 Å². The van der Waals surface area contributed by atoms with Gasteiger partial charge in [-0.05, 0) is 27.0 Å². The number of hydrogen-bond acceptors (Lipinski definition) is 5. The van der Waals surface area contributed by atoms with Gasteiger partial charge in [0.2, 0.25) is 0 Å². The van der Waals surface area contributed by atoms with Gasteiger partial charge in [-0.15, -0.1) is 11.8 Å². The first-order chi connectivity index (χ1) is 7.58. The third kappa shape index (κ3) is 3.47. The molecule has 0 radical (unpaired) electrons. The number of nitrogens with zero attached hydrogens (tertiary/aromatic N) is 1. The van der Waals surface area contributed by atoms with Crippen LogP contribution >= 0.6 is 23.1 Å². The molecule has 0 fully saturated rings. The molecule has 0 saturated carbocycles. The molecule has 0 aliphatic heterocycles. The maximum absolute atomic E-state index is 11.6. The van der Waals surface area contributed by atoms with E-state index >= 15 is 0 Å². The summed E-state index contributed by atoms with van der Waals surface area (Å²) in [5.41, 5.74) is 0.955. The molecule has 4 nitrogen and oxygen atoms in total. The first-order valence-corrected chi connectivity index (χ1v) is 7.06. The van der Waals surface area contributed by atoms with Crippen molar-refractivity contribution in [2.24, 2.45) is 0 Å². The minimum atomic E-state index is -0.438. The molecule has 1 rings (SSSR count). The highest BCUT2D eigenvalue weighted by Gasteiger charge is 2.15. The number of ether oxygens (including phenoxy) is 1. The molecule has 1 N–H and O–H groups in total. The number of aromatic nitrogens is 1. The molecule has 0 aliphatic rings. The number of rotatable bonds is 5. The number of carbonyl (C=O) groups excluding carboxylic acids is 1. The van der Waals surface area contributed by atoms with Crippen LogP contribution in [-0.2, 0) is 9.53 Å². The molecule has 0 spiro atoms. The van der Waals surface area contributed by atoms with Crippen molar-refractivity contribution in [1.82, 2.24) is 4.98 Å². The van der Waals surface area contributed by atoms with Crippen LogP contribution in [0.15, 0.2) is 4.21 Å². The molecule has 16 heavy (non-hydrogen) atoms. The summed E-state index contributed by atoms with van der Waals surface area (Å²) in [6.45, 7) is 6.06. The normalized spacial score (nSPS) is 12.5.